The Labute approximate surface area is 251 Å². The average Bonchev–Trinajstić information content (AvgIpc) is 2.84. The molecule has 1 saturated heterocycles. The van der Waals surface area contributed by atoms with Crippen molar-refractivity contribution in [1.29, 1.82) is 0 Å². The monoisotopic (exact) mass is 544 g/mol. The molecule has 0 aliphatic carbocycles. The fourth-order valence-electron chi connectivity index (χ4n) is 3.78. The number of nitrogens with zero attached hydrogens (tertiary/aromatic N) is 3. The summed E-state index contributed by atoms with van der Waals surface area (Å²) in [4.78, 5) is 24.9. The normalized spacial score (nSPS) is 13.2. The summed E-state index contributed by atoms with van der Waals surface area (Å²) in [5.41, 5.74) is 2.77. The van der Waals surface area contributed by atoms with Crippen LogP contribution in [-0.4, -0.2) is 70.3 Å². The minimum absolute atomic E-state index is 0. The van der Waals surface area contributed by atoms with Crippen molar-refractivity contribution in [2.24, 2.45) is 0 Å². The number of benzene rings is 2. The number of nitrogens with one attached hydrogen (secondary N) is 1. The van der Waals surface area contributed by atoms with Gasteiger partial charge in [-0.05, 0) is 68.7 Å². The van der Waals surface area contributed by atoms with Gasteiger partial charge in [0.1, 0.15) is 18.0 Å². The summed E-state index contributed by atoms with van der Waals surface area (Å²) in [5.74, 6) is -0.372. The van der Waals surface area contributed by atoms with Crippen molar-refractivity contribution >= 4 is 23.4 Å². The van der Waals surface area contributed by atoms with E-state index in [1.165, 1.54) is 6.20 Å². The maximum Gasteiger partial charge on any atom is 1.00 e. The predicted octanol–water partition coefficient (Wildman–Crippen LogP) is 1.64. The molecule has 1 aromatic heterocycles. The molecule has 1 fully saturated rings. The van der Waals surface area contributed by atoms with Gasteiger partial charge in [0.15, 0.2) is 5.69 Å². The van der Waals surface area contributed by atoms with Gasteiger partial charge >= 0.3 is 41.6 Å². The zero-order chi connectivity index (χ0) is 27.1. The minimum Gasteiger partial charge on any atom is -1.00 e. The number of anilines is 2. The van der Waals surface area contributed by atoms with Crippen LogP contribution in [0.25, 0.3) is 0 Å². The second-order valence-corrected chi connectivity index (χ2v) is 9.97. The molecular formula is C28H33N4NaO6. The Hall–Kier alpha value is -3.18. The van der Waals surface area contributed by atoms with Crippen LogP contribution in [-0.2, 0) is 15.9 Å². The molecule has 1 aliphatic rings. The molecule has 0 spiro atoms. The number of aromatic carboxylic acids is 1. The van der Waals surface area contributed by atoms with Gasteiger partial charge in [-0.1, -0.05) is 24.3 Å². The minimum atomic E-state index is -1.14. The molecule has 10 nitrogen and oxygen atoms in total. The molecule has 39 heavy (non-hydrogen) atoms. The molecule has 2 N–H and O–H groups in total. The average molecular weight is 545 g/mol. The molecule has 0 atom stereocenters. The van der Waals surface area contributed by atoms with E-state index in [4.69, 9.17) is 14.2 Å². The van der Waals surface area contributed by atoms with Crippen molar-refractivity contribution in [2.45, 2.75) is 38.9 Å². The van der Waals surface area contributed by atoms with Crippen LogP contribution in [0, 0.1) is 0 Å². The Balaban J connectivity index is 0.00000280. The van der Waals surface area contributed by atoms with Gasteiger partial charge in [0.2, 0.25) is 0 Å². The van der Waals surface area contributed by atoms with Gasteiger partial charge in [0.05, 0.1) is 37.7 Å². The van der Waals surface area contributed by atoms with Crippen molar-refractivity contribution in [3.8, 4) is 5.75 Å². The topological polar surface area (TPSA) is 123 Å². The van der Waals surface area contributed by atoms with Crippen molar-refractivity contribution in [1.82, 2.24) is 15.1 Å². The fraction of sp³-hybridized carbons (Fsp3) is 0.357. The molecule has 4 rings (SSSR count). The first kappa shape index (κ1) is 30.4. The van der Waals surface area contributed by atoms with Crippen LogP contribution in [0.5, 0.6) is 5.75 Å². The van der Waals surface area contributed by atoms with Gasteiger partial charge < -0.3 is 31.0 Å². The standard InChI is InChI=1S/C28H32N4O6.Na.H/c1-28(2,3)38-27(35)32-17-23(18-32)37-15-14-36-22-10-6-20(7-11-22)16-19-4-8-21(9-5-19)30-24-12-13-29-31-25(24)26(33)34;;/h4-13,23H,14-18H2,1-3H3,(H,29,30)(H,33,34);;/q;+1;-1. The summed E-state index contributed by atoms with van der Waals surface area (Å²) >= 11 is 0. The SMILES string of the molecule is CC(C)(C)OC(=O)N1CC(OCCOc2ccc(Cc3ccc(Nc4ccnnc4C(=O)O)cc3)cc2)C1.[H-].[Na+]. The summed E-state index contributed by atoms with van der Waals surface area (Å²) < 4.78 is 16.9. The molecule has 2 heterocycles. The van der Waals surface area contributed by atoms with E-state index in [0.29, 0.717) is 32.0 Å². The van der Waals surface area contributed by atoms with Crippen LogP contribution in [0.4, 0.5) is 16.2 Å². The van der Waals surface area contributed by atoms with E-state index in [-0.39, 0.29) is 48.9 Å². The van der Waals surface area contributed by atoms with Crippen LogP contribution < -0.4 is 39.6 Å². The first-order valence-electron chi connectivity index (χ1n) is 12.4. The number of aromatic nitrogens is 2. The number of rotatable bonds is 10. The molecule has 1 amide bonds. The zero-order valence-electron chi connectivity index (χ0n) is 23.7. The summed E-state index contributed by atoms with van der Waals surface area (Å²) in [6.45, 7) is 7.48. The smallest absolute Gasteiger partial charge is 1.00 e. The number of amides is 1. The zero-order valence-corrected chi connectivity index (χ0v) is 24.7. The Bertz CT molecular complexity index is 1250. The Kier molecular flexibility index (Phi) is 10.7. The maximum absolute atomic E-state index is 12.0. The van der Waals surface area contributed by atoms with Crippen LogP contribution in [0.1, 0.15) is 43.8 Å². The molecule has 0 unspecified atom stereocenters. The van der Waals surface area contributed by atoms with Gasteiger partial charge in [-0.15, -0.1) is 5.10 Å². The number of likely N-dealkylation sites (tertiary alicyclic amines) is 1. The largest absolute Gasteiger partial charge is 1.00 e. The Morgan fingerprint density at radius 2 is 1.67 bits per heavy atom. The van der Waals surface area contributed by atoms with Crippen LogP contribution in [0.3, 0.4) is 0 Å². The van der Waals surface area contributed by atoms with E-state index in [0.717, 1.165) is 29.0 Å². The number of ether oxygens (including phenoxy) is 3. The number of hydrogen-bond donors (Lipinski definition) is 2. The van der Waals surface area contributed by atoms with Gasteiger partial charge in [-0.3, -0.25) is 0 Å². The van der Waals surface area contributed by atoms with Crippen molar-refractivity contribution in [3.05, 3.63) is 77.6 Å². The number of carboxylic acid groups (broad SMARTS) is 1. The Morgan fingerprint density at radius 1 is 1.03 bits per heavy atom. The molecule has 0 radical (unpaired) electrons. The fourth-order valence-corrected chi connectivity index (χ4v) is 3.78. The molecule has 3 aromatic rings. The summed E-state index contributed by atoms with van der Waals surface area (Å²) in [6.07, 6.45) is 1.89. The first-order valence-corrected chi connectivity index (χ1v) is 12.4. The van der Waals surface area contributed by atoms with Crippen LogP contribution in [0.2, 0.25) is 0 Å². The third-order valence-electron chi connectivity index (χ3n) is 5.69. The summed E-state index contributed by atoms with van der Waals surface area (Å²) in [7, 11) is 0. The third kappa shape index (κ3) is 9.21. The van der Waals surface area contributed by atoms with Crippen LogP contribution >= 0.6 is 0 Å². The second kappa shape index (κ2) is 13.7. The van der Waals surface area contributed by atoms with E-state index < -0.39 is 11.6 Å². The quantitative estimate of drug-likeness (QED) is 0.290. The molecule has 1 aliphatic heterocycles. The third-order valence-corrected chi connectivity index (χ3v) is 5.69. The summed E-state index contributed by atoms with van der Waals surface area (Å²) in [6, 6.07) is 17.3. The van der Waals surface area contributed by atoms with Gasteiger partial charge in [0, 0.05) is 5.69 Å². The molecule has 202 valence electrons. The van der Waals surface area contributed by atoms with Crippen molar-refractivity contribution in [3.63, 3.8) is 0 Å². The number of hydrogen-bond acceptors (Lipinski definition) is 8. The van der Waals surface area contributed by atoms with Crippen molar-refractivity contribution < 1.29 is 59.9 Å². The maximum atomic E-state index is 12.0. The molecule has 2 aromatic carbocycles. The molecule has 11 heteroatoms. The number of carbonyl (C=O) groups excluding carboxylic acids is 1. The first-order chi connectivity index (χ1) is 18.2. The molecular weight excluding hydrogens is 511 g/mol. The van der Waals surface area contributed by atoms with E-state index in [1.807, 2.05) is 69.3 Å². The number of carbonyl (C=O) groups is 2. The van der Waals surface area contributed by atoms with Gasteiger partial charge in [-0.25, -0.2) is 9.59 Å². The molecule has 0 saturated carbocycles. The second-order valence-electron chi connectivity index (χ2n) is 9.97. The van der Waals surface area contributed by atoms with E-state index in [2.05, 4.69) is 15.5 Å². The van der Waals surface area contributed by atoms with E-state index in [9.17, 15) is 14.7 Å². The molecule has 0 bridgehead atoms. The predicted molar refractivity (Wildman–Crippen MR) is 142 cm³/mol. The van der Waals surface area contributed by atoms with Gasteiger partial charge in [0.25, 0.3) is 0 Å². The van der Waals surface area contributed by atoms with Crippen molar-refractivity contribution in [2.75, 3.05) is 31.6 Å². The number of carboxylic acids is 1. The van der Waals surface area contributed by atoms with Crippen LogP contribution in [0.15, 0.2) is 60.8 Å². The summed E-state index contributed by atoms with van der Waals surface area (Å²) in [5, 5.41) is 19.6. The van der Waals surface area contributed by atoms with E-state index >= 15 is 0 Å². The van der Waals surface area contributed by atoms with E-state index in [1.54, 1.807) is 11.0 Å². The van der Waals surface area contributed by atoms with Gasteiger partial charge in [-0.2, -0.15) is 5.10 Å². The Morgan fingerprint density at radius 3 is 2.28 bits per heavy atom.